The number of hydrogen-bond donors (Lipinski definition) is 1. The number of halogens is 1. The highest BCUT2D eigenvalue weighted by Crippen LogP contribution is 2.26. The van der Waals surface area contributed by atoms with Crippen LogP contribution in [0.15, 0.2) is 41.3 Å². The van der Waals surface area contributed by atoms with E-state index in [2.05, 4.69) is 6.58 Å². The molecule has 0 fully saturated rings. The van der Waals surface area contributed by atoms with Crippen LogP contribution in [0.4, 0.5) is 0 Å². The van der Waals surface area contributed by atoms with Crippen molar-refractivity contribution in [3.05, 3.63) is 47.7 Å². The van der Waals surface area contributed by atoms with Crippen molar-refractivity contribution in [1.82, 2.24) is 0 Å². The van der Waals surface area contributed by atoms with E-state index >= 15 is 0 Å². The molecule has 2 aromatic rings. The molecule has 0 amide bonds. The van der Waals surface area contributed by atoms with Gasteiger partial charge in [0.25, 0.3) is 0 Å². The van der Waals surface area contributed by atoms with E-state index in [4.69, 9.17) is 21.8 Å². The smallest absolute Gasteiger partial charge is 0.134 e. The Morgan fingerprint density at radius 1 is 1.47 bits per heavy atom. The third-order valence-corrected chi connectivity index (χ3v) is 2.52. The molecule has 3 heteroatoms. The maximum atomic E-state index is 5.91. The van der Waals surface area contributed by atoms with Gasteiger partial charge in [-0.25, -0.2) is 0 Å². The molecule has 0 saturated heterocycles. The highest BCUT2D eigenvalue weighted by molar-refractivity contribution is 6.31. The van der Waals surface area contributed by atoms with Crippen molar-refractivity contribution < 1.29 is 4.42 Å². The predicted octanol–water partition coefficient (Wildman–Crippen LogP) is 3.66. The van der Waals surface area contributed by atoms with Crippen LogP contribution >= 0.6 is 11.6 Å². The first-order valence-corrected chi connectivity index (χ1v) is 5.14. The number of rotatable bonds is 3. The van der Waals surface area contributed by atoms with Gasteiger partial charge in [-0.1, -0.05) is 17.7 Å². The quantitative estimate of drug-likeness (QED) is 0.804. The Hall–Kier alpha value is -1.25. The highest BCUT2D eigenvalue weighted by Gasteiger charge is 2.10. The summed E-state index contributed by atoms with van der Waals surface area (Å²) in [7, 11) is 0. The Kier molecular flexibility index (Phi) is 2.80. The van der Waals surface area contributed by atoms with Crippen LogP contribution in [-0.2, 0) is 0 Å². The van der Waals surface area contributed by atoms with Crippen LogP contribution in [0.2, 0.25) is 5.02 Å². The molecule has 0 radical (unpaired) electrons. The second-order valence-electron chi connectivity index (χ2n) is 3.46. The van der Waals surface area contributed by atoms with Gasteiger partial charge in [0.15, 0.2) is 0 Å². The van der Waals surface area contributed by atoms with E-state index in [9.17, 15) is 0 Å². The molecular weight excluding hydrogens is 210 g/mol. The lowest BCUT2D eigenvalue weighted by Crippen LogP contribution is -2.07. The summed E-state index contributed by atoms with van der Waals surface area (Å²) in [5.74, 6) is 0.771. The van der Waals surface area contributed by atoms with E-state index in [1.54, 1.807) is 12.1 Å². The molecule has 0 saturated carbocycles. The first-order chi connectivity index (χ1) is 7.20. The van der Waals surface area contributed by atoms with Crippen LogP contribution in [0.25, 0.3) is 11.0 Å². The molecule has 2 N–H and O–H groups in total. The van der Waals surface area contributed by atoms with Crippen LogP contribution in [0.1, 0.15) is 18.2 Å². The molecule has 1 aromatic heterocycles. The van der Waals surface area contributed by atoms with Crippen molar-refractivity contribution >= 4 is 22.6 Å². The Bertz CT molecular complexity index is 489. The van der Waals surface area contributed by atoms with E-state index in [1.165, 1.54) is 0 Å². The summed E-state index contributed by atoms with van der Waals surface area (Å²) in [6.07, 6.45) is 2.48. The molecule has 1 aromatic carbocycles. The third kappa shape index (κ3) is 2.06. The van der Waals surface area contributed by atoms with Crippen molar-refractivity contribution in [2.45, 2.75) is 12.5 Å². The normalized spacial score (nSPS) is 12.9. The van der Waals surface area contributed by atoms with Gasteiger partial charge in [0.1, 0.15) is 11.3 Å². The number of benzene rings is 1. The van der Waals surface area contributed by atoms with E-state index in [0.29, 0.717) is 11.4 Å². The molecule has 1 heterocycles. The van der Waals surface area contributed by atoms with Crippen molar-refractivity contribution in [2.24, 2.45) is 5.73 Å². The van der Waals surface area contributed by atoms with Gasteiger partial charge in [0.05, 0.1) is 6.04 Å². The molecule has 2 rings (SSSR count). The molecule has 2 nitrogen and oxygen atoms in total. The second-order valence-corrected chi connectivity index (χ2v) is 3.90. The maximum Gasteiger partial charge on any atom is 0.134 e. The van der Waals surface area contributed by atoms with Gasteiger partial charge in [-0.3, -0.25) is 0 Å². The van der Waals surface area contributed by atoms with Crippen LogP contribution in [0.5, 0.6) is 0 Å². The predicted molar refractivity (Wildman–Crippen MR) is 63.0 cm³/mol. The third-order valence-electron chi connectivity index (χ3n) is 2.28. The number of fused-ring (bicyclic) bond motifs is 1. The Morgan fingerprint density at radius 2 is 2.27 bits per heavy atom. The molecular formula is C12H12ClNO. The maximum absolute atomic E-state index is 5.91. The second kappa shape index (κ2) is 4.09. The van der Waals surface area contributed by atoms with Gasteiger partial charge >= 0.3 is 0 Å². The van der Waals surface area contributed by atoms with Crippen LogP contribution in [0, 0.1) is 0 Å². The molecule has 0 aliphatic heterocycles. The van der Waals surface area contributed by atoms with Crippen molar-refractivity contribution in [1.29, 1.82) is 0 Å². The van der Waals surface area contributed by atoms with E-state index in [-0.39, 0.29) is 6.04 Å². The Labute approximate surface area is 93.3 Å². The number of nitrogens with two attached hydrogens (primary N) is 1. The summed E-state index contributed by atoms with van der Waals surface area (Å²) < 4.78 is 5.61. The van der Waals surface area contributed by atoms with E-state index in [0.717, 1.165) is 16.7 Å². The monoisotopic (exact) mass is 221 g/mol. The van der Waals surface area contributed by atoms with Gasteiger partial charge in [-0.2, -0.15) is 0 Å². The van der Waals surface area contributed by atoms with Gasteiger partial charge in [-0.15, -0.1) is 6.58 Å². The number of hydrogen-bond acceptors (Lipinski definition) is 2. The zero-order chi connectivity index (χ0) is 10.8. The first-order valence-electron chi connectivity index (χ1n) is 4.76. The minimum atomic E-state index is -0.131. The fourth-order valence-electron chi connectivity index (χ4n) is 1.51. The fourth-order valence-corrected chi connectivity index (χ4v) is 1.69. The van der Waals surface area contributed by atoms with Crippen LogP contribution in [0.3, 0.4) is 0 Å². The number of furan rings is 1. The summed E-state index contributed by atoms with van der Waals surface area (Å²) in [5, 5.41) is 1.68. The molecule has 0 bridgehead atoms. The van der Waals surface area contributed by atoms with E-state index < -0.39 is 0 Å². The van der Waals surface area contributed by atoms with Crippen molar-refractivity contribution in [3.8, 4) is 0 Å². The summed E-state index contributed by atoms with van der Waals surface area (Å²) in [6, 6.07) is 7.31. The summed E-state index contributed by atoms with van der Waals surface area (Å²) in [5.41, 5.74) is 6.72. The van der Waals surface area contributed by atoms with Gasteiger partial charge in [0.2, 0.25) is 0 Å². The van der Waals surface area contributed by atoms with Crippen LogP contribution < -0.4 is 5.73 Å². The van der Waals surface area contributed by atoms with Gasteiger partial charge in [0, 0.05) is 10.4 Å². The van der Waals surface area contributed by atoms with Crippen molar-refractivity contribution in [3.63, 3.8) is 0 Å². The highest BCUT2D eigenvalue weighted by atomic mass is 35.5. The van der Waals surface area contributed by atoms with Gasteiger partial charge in [-0.05, 0) is 30.7 Å². The Morgan fingerprint density at radius 3 is 3.00 bits per heavy atom. The lowest BCUT2D eigenvalue weighted by molar-refractivity contribution is 0.498. The SMILES string of the molecule is C=CCC(N)c1cc2cc(Cl)ccc2o1. The van der Waals surface area contributed by atoms with Crippen molar-refractivity contribution in [2.75, 3.05) is 0 Å². The zero-order valence-electron chi connectivity index (χ0n) is 8.24. The Balaban J connectivity index is 2.42. The fraction of sp³-hybridized carbons (Fsp3) is 0.167. The molecule has 78 valence electrons. The summed E-state index contributed by atoms with van der Waals surface area (Å²) in [4.78, 5) is 0. The molecule has 15 heavy (non-hydrogen) atoms. The first kappa shape index (κ1) is 10.3. The summed E-state index contributed by atoms with van der Waals surface area (Å²) in [6.45, 7) is 3.65. The standard InChI is InChI=1S/C12H12ClNO/c1-2-3-10(14)12-7-8-6-9(13)4-5-11(8)15-12/h2,4-7,10H,1,3,14H2. The zero-order valence-corrected chi connectivity index (χ0v) is 9.00. The average molecular weight is 222 g/mol. The lowest BCUT2D eigenvalue weighted by Gasteiger charge is -2.02. The minimum absolute atomic E-state index is 0.131. The van der Waals surface area contributed by atoms with E-state index in [1.807, 2.05) is 18.2 Å². The molecule has 0 aliphatic rings. The topological polar surface area (TPSA) is 39.2 Å². The van der Waals surface area contributed by atoms with Gasteiger partial charge < -0.3 is 10.2 Å². The van der Waals surface area contributed by atoms with Crippen LogP contribution in [-0.4, -0.2) is 0 Å². The molecule has 1 unspecified atom stereocenters. The lowest BCUT2D eigenvalue weighted by atomic mass is 10.1. The minimum Gasteiger partial charge on any atom is -0.459 e. The molecule has 0 aliphatic carbocycles. The molecule has 0 spiro atoms. The largest absolute Gasteiger partial charge is 0.459 e. The molecule has 1 atom stereocenters. The average Bonchev–Trinajstić information content (AvgIpc) is 2.60. The summed E-state index contributed by atoms with van der Waals surface area (Å²) >= 11 is 5.88.